The smallest absolute Gasteiger partial charge is 0.231 e. The molecule has 1 amide bonds. The maximum Gasteiger partial charge on any atom is 0.231 e. The van der Waals surface area contributed by atoms with Crippen LogP contribution in [0, 0.1) is 0 Å². The highest BCUT2D eigenvalue weighted by Crippen LogP contribution is 2.34. The van der Waals surface area contributed by atoms with Crippen LogP contribution in [0.4, 0.5) is 0 Å². The summed E-state index contributed by atoms with van der Waals surface area (Å²) in [5.74, 6) is 1.65. The highest BCUT2D eigenvalue weighted by atomic mass is 16.7. The lowest BCUT2D eigenvalue weighted by atomic mass is 9.87. The maximum absolute atomic E-state index is 12.6. The lowest BCUT2D eigenvalue weighted by Crippen LogP contribution is -2.48. The maximum atomic E-state index is 12.6. The predicted molar refractivity (Wildman–Crippen MR) is 89.1 cm³/mol. The van der Waals surface area contributed by atoms with E-state index >= 15 is 0 Å². The number of rotatable bonds is 2. The van der Waals surface area contributed by atoms with E-state index in [1.165, 1.54) is 5.57 Å². The van der Waals surface area contributed by atoms with Crippen LogP contribution in [0.15, 0.2) is 29.8 Å². The third-order valence-corrected chi connectivity index (χ3v) is 5.15. The Morgan fingerprint density at radius 3 is 2.79 bits per heavy atom. The molecule has 1 spiro atoms. The molecule has 5 heteroatoms. The van der Waals surface area contributed by atoms with Crippen LogP contribution in [-0.4, -0.2) is 42.9 Å². The first-order valence-electron chi connectivity index (χ1n) is 8.62. The molecule has 0 aliphatic carbocycles. The van der Waals surface area contributed by atoms with Gasteiger partial charge in [0.2, 0.25) is 12.7 Å². The highest BCUT2D eigenvalue weighted by Gasteiger charge is 2.36. The van der Waals surface area contributed by atoms with Crippen molar-refractivity contribution >= 4 is 5.91 Å². The highest BCUT2D eigenvalue weighted by molar-refractivity contribution is 5.79. The fourth-order valence-corrected chi connectivity index (χ4v) is 3.74. The van der Waals surface area contributed by atoms with E-state index in [9.17, 15) is 4.79 Å². The summed E-state index contributed by atoms with van der Waals surface area (Å²) in [6.07, 6.45) is 5.47. The van der Waals surface area contributed by atoms with Gasteiger partial charge in [-0.05, 0) is 43.9 Å². The average molecular weight is 329 g/mol. The van der Waals surface area contributed by atoms with E-state index in [1.54, 1.807) is 0 Å². The Morgan fingerprint density at radius 2 is 2.00 bits per heavy atom. The lowest BCUT2D eigenvalue weighted by molar-refractivity contribution is -0.135. The van der Waals surface area contributed by atoms with E-state index in [-0.39, 0.29) is 18.3 Å². The van der Waals surface area contributed by atoms with Gasteiger partial charge < -0.3 is 19.1 Å². The lowest BCUT2D eigenvalue weighted by Gasteiger charge is -2.42. The van der Waals surface area contributed by atoms with Crippen molar-refractivity contribution in [2.45, 2.75) is 38.2 Å². The topological polar surface area (TPSA) is 48.0 Å². The molecule has 1 aromatic rings. The van der Waals surface area contributed by atoms with Crippen LogP contribution in [0.5, 0.6) is 11.5 Å². The summed E-state index contributed by atoms with van der Waals surface area (Å²) >= 11 is 0. The Kier molecular flexibility index (Phi) is 3.96. The molecular weight excluding hydrogens is 306 g/mol. The summed E-state index contributed by atoms with van der Waals surface area (Å²) < 4.78 is 16.7. The molecule has 128 valence electrons. The van der Waals surface area contributed by atoms with E-state index < -0.39 is 0 Å². The molecular formula is C19H23NO4. The summed E-state index contributed by atoms with van der Waals surface area (Å²) in [5.41, 5.74) is 2.23. The van der Waals surface area contributed by atoms with Crippen LogP contribution in [0.2, 0.25) is 0 Å². The van der Waals surface area contributed by atoms with Gasteiger partial charge in [0.1, 0.15) is 0 Å². The number of ether oxygens (including phenoxy) is 3. The molecule has 4 rings (SSSR count). The van der Waals surface area contributed by atoms with Crippen molar-refractivity contribution in [2.75, 3.05) is 26.5 Å². The van der Waals surface area contributed by atoms with E-state index in [0.29, 0.717) is 6.42 Å². The monoisotopic (exact) mass is 329 g/mol. The Morgan fingerprint density at radius 1 is 1.21 bits per heavy atom. The second-order valence-corrected chi connectivity index (χ2v) is 6.90. The zero-order valence-electron chi connectivity index (χ0n) is 14.0. The molecule has 3 aliphatic heterocycles. The van der Waals surface area contributed by atoms with Gasteiger partial charge in [-0.3, -0.25) is 4.79 Å². The zero-order chi connectivity index (χ0) is 16.6. The molecule has 5 nitrogen and oxygen atoms in total. The first-order chi connectivity index (χ1) is 11.6. The summed E-state index contributed by atoms with van der Waals surface area (Å²) in [6, 6.07) is 5.72. The Hall–Kier alpha value is -2.01. The molecule has 3 aliphatic rings. The van der Waals surface area contributed by atoms with Gasteiger partial charge in [-0.2, -0.15) is 0 Å². The fraction of sp³-hybridized carbons (Fsp3) is 0.526. The molecule has 0 bridgehead atoms. The van der Waals surface area contributed by atoms with Crippen LogP contribution >= 0.6 is 0 Å². The number of carbonyl (C=O) groups excluding carboxylic acids is 1. The quantitative estimate of drug-likeness (QED) is 0.783. The van der Waals surface area contributed by atoms with Crippen molar-refractivity contribution < 1.29 is 19.0 Å². The standard InChI is InChI=1S/C19H23NO4/c1-14-4-9-24-19(12-14)5-7-20(8-6-19)18(21)11-15-2-3-16-17(10-15)23-13-22-16/h2-3,10,12H,4-9,11,13H2,1H3. The van der Waals surface area contributed by atoms with Crippen LogP contribution in [0.25, 0.3) is 0 Å². The Balaban J connectivity index is 1.37. The number of nitrogens with zero attached hydrogens (tertiary/aromatic N) is 1. The zero-order valence-corrected chi connectivity index (χ0v) is 14.0. The number of carbonyl (C=O) groups is 1. The largest absolute Gasteiger partial charge is 0.454 e. The minimum atomic E-state index is -0.141. The average Bonchev–Trinajstić information content (AvgIpc) is 3.03. The number of hydrogen-bond donors (Lipinski definition) is 0. The Labute approximate surface area is 142 Å². The molecule has 1 fully saturated rings. The summed E-state index contributed by atoms with van der Waals surface area (Å²) in [5, 5.41) is 0. The van der Waals surface area contributed by atoms with Gasteiger partial charge in [0.25, 0.3) is 0 Å². The molecule has 24 heavy (non-hydrogen) atoms. The second kappa shape index (κ2) is 6.13. The van der Waals surface area contributed by atoms with Gasteiger partial charge in [0, 0.05) is 13.1 Å². The van der Waals surface area contributed by atoms with E-state index in [4.69, 9.17) is 14.2 Å². The Bertz CT molecular complexity index is 674. The minimum absolute atomic E-state index is 0.141. The van der Waals surface area contributed by atoms with Crippen molar-refractivity contribution in [3.05, 3.63) is 35.4 Å². The van der Waals surface area contributed by atoms with Crippen molar-refractivity contribution in [1.29, 1.82) is 0 Å². The molecule has 1 saturated heterocycles. The molecule has 0 N–H and O–H groups in total. The van der Waals surface area contributed by atoms with E-state index in [0.717, 1.165) is 56.0 Å². The molecule has 0 radical (unpaired) electrons. The van der Waals surface area contributed by atoms with Gasteiger partial charge in [0.05, 0.1) is 18.6 Å². The molecule has 0 atom stereocenters. The van der Waals surface area contributed by atoms with Crippen LogP contribution in [-0.2, 0) is 16.0 Å². The number of fused-ring (bicyclic) bond motifs is 1. The van der Waals surface area contributed by atoms with Gasteiger partial charge in [-0.15, -0.1) is 0 Å². The van der Waals surface area contributed by atoms with Crippen molar-refractivity contribution in [2.24, 2.45) is 0 Å². The number of benzene rings is 1. The van der Waals surface area contributed by atoms with Gasteiger partial charge in [-0.25, -0.2) is 0 Å². The van der Waals surface area contributed by atoms with E-state index in [2.05, 4.69) is 13.0 Å². The summed E-state index contributed by atoms with van der Waals surface area (Å²) in [7, 11) is 0. The molecule has 0 saturated carbocycles. The fourth-order valence-electron chi connectivity index (χ4n) is 3.74. The number of piperidine rings is 1. The third-order valence-electron chi connectivity index (χ3n) is 5.15. The van der Waals surface area contributed by atoms with Crippen LogP contribution < -0.4 is 9.47 Å². The first kappa shape index (κ1) is 15.5. The normalized spacial score (nSPS) is 21.7. The van der Waals surface area contributed by atoms with Gasteiger partial charge in [-0.1, -0.05) is 17.7 Å². The first-order valence-corrected chi connectivity index (χ1v) is 8.62. The third kappa shape index (κ3) is 3.00. The number of amides is 1. The van der Waals surface area contributed by atoms with Crippen molar-refractivity contribution in [3.8, 4) is 11.5 Å². The summed E-state index contributed by atoms with van der Waals surface area (Å²) in [4.78, 5) is 14.6. The minimum Gasteiger partial charge on any atom is -0.454 e. The van der Waals surface area contributed by atoms with Crippen molar-refractivity contribution in [1.82, 2.24) is 4.90 Å². The molecule has 0 aromatic heterocycles. The number of likely N-dealkylation sites (tertiary alicyclic amines) is 1. The van der Waals surface area contributed by atoms with Crippen molar-refractivity contribution in [3.63, 3.8) is 0 Å². The van der Waals surface area contributed by atoms with E-state index in [1.807, 2.05) is 23.1 Å². The molecule has 1 aromatic carbocycles. The summed E-state index contributed by atoms with van der Waals surface area (Å²) in [6.45, 7) is 4.74. The molecule has 0 unspecified atom stereocenters. The predicted octanol–water partition coefficient (Wildman–Crippen LogP) is 2.69. The van der Waals surface area contributed by atoms with Gasteiger partial charge >= 0.3 is 0 Å². The second-order valence-electron chi connectivity index (χ2n) is 6.90. The number of hydrogen-bond acceptors (Lipinski definition) is 4. The van der Waals surface area contributed by atoms with Gasteiger partial charge in [0.15, 0.2) is 11.5 Å². The molecule has 3 heterocycles. The van der Waals surface area contributed by atoms with Crippen LogP contribution in [0.1, 0.15) is 31.7 Å². The van der Waals surface area contributed by atoms with Crippen LogP contribution in [0.3, 0.4) is 0 Å². The SMILES string of the molecule is CC1=CC2(CCN(C(=O)Cc3ccc4c(c3)OCO4)CC2)OCC1.